The molecule has 1 aliphatic rings. The average molecular weight is 294 g/mol. The zero-order valence-electron chi connectivity index (χ0n) is 12.5. The smallest absolute Gasteiger partial charge is 0.311 e. The SMILES string of the molecule is COc1cc(NCC2(O)CCCC(C)C2)ccc1[N+](=O)[O-]. The van der Waals surface area contributed by atoms with Gasteiger partial charge < -0.3 is 15.2 Å². The highest BCUT2D eigenvalue weighted by Crippen LogP contribution is 2.33. The molecule has 1 aliphatic carbocycles. The molecule has 6 heteroatoms. The van der Waals surface area contributed by atoms with Gasteiger partial charge in [0.2, 0.25) is 0 Å². The van der Waals surface area contributed by atoms with E-state index in [4.69, 9.17) is 4.74 Å². The molecule has 1 saturated carbocycles. The summed E-state index contributed by atoms with van der Waals surface area (Å²) in [6.45, 7) is 2.59. The normalized spacial score (nSPS) is 25.4. The number of ether oxygens (including phenoxy) is 1. The first kappa shape index (κ1) is 15.6. The molecule has 2 rings (SSSR count). The Morgan fingerprint density at radius 3 is 2.95 bits per heavy atom. The van der Waals surface area contributed by atoms with Gasteiger partial charge in [0.1, 0.15) is 0 Å². The molecule has 0 amide bonds. The lowest BCUT2D eigenvalue weighted by Crippen LogP contribution is -2.41. The molecule has 1 aromatic carbocycles. The number of rotatable bonds is 5. The molecular weight excluding hydrogens is 272 g/mol. The van der Waals surface area contributed by atoms with Gasteiger partial charge in [-0.15, -0.1) is 0 Å². The van der Waals surface area contributed by atoms with E-state index in [1.54, 1.807) is 12.1 Å². The third-order valence-electron chi connectivity index (χ3n) is 4.07. The fraction of sp³-hybridized carbons (Fsp3) is 0.600. The van der Waals surface area contributed by atoms with Crippen molar-refractivity contribution >= 4 is 11.4 Å². The minimum atomic E-state index is -0.702. The Morgan fingerprint density at radius 1 is 1.57 bits per heavy atom. The number of nitrogens with zero attached hydrogens (tertiary/aromatic N) is 1. The highest BCUT2D eigenvalue weighted by atomic mass is 16.6. The average Bonchev–Trinajstić information content (AvgIpc) is 2.44. The number of nitro benzene ring substituents is 1. The number of hydrogen-bond acceptors (Lipinski definition) is 5. The standard InChI is InChI=1S/C15H22N2O4/c1-11-4-3-7-15(18,9-11)10-16-12-5-6-13(17(19)20)14(8-12)21-2/h5-6,8,11,16,18H,3-4,7,9-10H2,1-2H3. The molecule has 1 aromatic rings. The molecule has 2 unspecified atom stereocenters. The maximum Gasteiger partial charge on any atom is 0.311 e. The van der Waals surface area contributed by atoms with E-state index in [0.29, 0.717) is 18.2 Å². The Kier molecular flexibility index (Phi) is 4.67. The van der Waals surface area contributed by atoms with Crippen LogP contribution in [0.25, 0.3) is 0 Å². The Morgan fingerprint density at radius 2 is 2.33 bits per heavy atom. The molecule has 116 valence electrons. The summed E-state index contributed by atoms with van der Waals surface area (Å²) < 4.78 is 5.04. The van der Waals surface area contributed by atoms with Gasteiger partial charge in [-0.05, 0) is 24.8 Å². The van der Waals surface area contributed by atoms with E-state index >= 15 is 0 Å². The quantitative estimate of drug-likeness (QED) is 0.644. The largest absolute Gasteiger partial charge is 0.490 e. The van der Waals surface area contributed by atoms with Crippen LogP contribution in [0.2, 0.25) is 0 Å². The number of anilines is 1. The summed E-state index contributed by atoms with van der Waals surface area (Å²) in [5.74, 6) is 0.742. The van der Waals surface area contributed by atoms with Gasteiger partial charge in [-0.1, -0.05) is 19.8 Å². The van der Waals surface area contributed by atoms with Crippen LogP contribution in [0, 0.1) is 16.0 Å². The highest BCUT2D eigenvalue weighted by molar-refractivity contribution is 5.58. The van der Waals surface area contributed by atoms with Crippen molar-refractivity contribution in [1.82, 2.24) is 0 Å². The van der Waals surface area contributed by atoms with E-state index in [-0.39, 0.29) is 11.4 Å². The summed E-state index contributed by atoms with van der Waals surface area (Å²) in [7, 11) is 1.41. The van der Waals surface area contributed by atoms with E-state index in [1.807, 2.05) is 0 Å². The zero-order valence-corrected chi connectivity index (χ0v) is 12.5. The van der Waals surface area contributed by atoms with Crippen LogP contribution in [0.3, 0.4) is 0 Å². The van der Waals surface area contributed by atoms with Crippen molar-refractivity contribution in [2.45, 2.75) is 38.2 Å². The Labute approximate surface area is 124 Å². The topological polar surface area (TPSA) is 84.6 Å². The van der Waals surface area contributed by atoms with E-state index in [9.17, 15) is 15.2 Å². The van der Waals surface area contributed by atoms with Crippen LogP contribution in [0.15, 0.2) is 18.2 Å². The van der Waals surface area contributed by atoms with Crippen molar-refractivity contribution in [3.05, 3.63) is 28.3 Å². The van der Waals surface area contributed by atoms with Crippen molar-refractivity contribution in [3.63, 3.8) is 0 Å². The van der Waals surface area contributed by atoms with Crippen LogP contribution < -0.4 is 10.1 Å². The molecule has 1 fully saturated rings. The third-order valence-corrected chi connectivity index (χ3v) is 4.07. The van der Waals surface area contributed by atoms with Crippen molar-refractivity contribution in [1.29, 1.82) is 0 Å². The molecule has 6 nitrogen and oxygen atoms in total. The molecule has 0 radical (unpaired) electrons. The Hall–Kier alpha value is -1.82. The van der Waals surface area contributed by atoms with Gasteiger partial charge in [0.05, 0.1) is 17.6 Å². The monoisotopic (exact) mass is 294 g/mol. The second-order valence-electron chi connectivity index (χ2n) is 5.92. The predicted octanol–water partition coefficient (Wildman–Crippen LogP) is 2.96. The van der Waals surface area contributed by atoms with E-state index in [2.05, 4.69) is 12.2 Å². The molecule has 0 saturated heterocycles. The third kappa shape index (κ3) is 3.85. The maximum atomic E-state index is 10.8. The van der Waals surface area contributed by atoms with E-state index < -0.39 is 10.5 Å². The zero-order chi connectivity index (χ0) is 15.5. The molecule has 2 N–H and O–H groups in total. The van der Waals surface area contributed by atoms with Gasteiger partial charge in [-0.3, -0.25) is 10.1 Å². The molecule has 0 heterocycles. The minimum Gasteiger partial charge on any atom is -0.490 e. The summed E-state index contributed by atoms with van der Waals surface area (Å²) in [4.78, 5) is 10.4. The molecule has 2 atom stereocenters. The van der Waals surface area contributed by atoms with Crippen LogP contribution >= 0.6 is 0 Å². The van der Waals surface area contributed by atoms with Crippen molar-refractivity contribution in [2.75, 3.05) is 19.0 Å². The van der Waals surface area contributed by atoms with Crippen LogP contribution in [-0.4, -0.2) is 29.3 Å². The number of methoxy groups -OCH3 is 1. The number of nitro groups is 1. The van der Waals surface area contributed by atoms with E-state index in [0.717, 1.165) is 25.7 Å². The van der Waals surface area contributed by atoms with Gasteiger partial charge in [-0.25, -0.2) is 0 Å². The summed E-state index contributed by atoms with van der Waals surface area (Å²) in [6.07, 6.45) is 3.76. The molecule has 0 aromatic heterocycles. The summed E-state index contributed by atoms with van der Waals surface area (Å²) in [6, 6.07) is 4.64. The highest BCUT2D eigenvalue weighted by Gasteiger charge is 2.32. The summed E-state index contributed by atoms with van der Waals surface area (Å²) >= 11 is 0. The lowest BCUT2D eigenvalue weighted by atomic mass is 9.79. The number of aliphatic hydroxyl groups is 1. The predicted molar refractivity (Wildman–Crippen MR) is 80.7 cm³/mol. The summed E-state index contributed by atoms with van der Waals surface area (Å²) in [5.41, 5.74) is -0.0516. The van der Waals surface area contributed by atoms with Gasteiger partial charge in [0.15, 0.2) is 5.75 Å². The number of hydrogen-bond donors (Lipinski definition) is 2. The summed E-state index contributed by atoms with van der Waals surface area (Å²) in [5, 5.41) is 24.6. The fourth-order valence-electron chi connectivity index (χ4n) is 3.00. The molecular formula is C15H22N2O4. The first-order chi connectivity index (χ1) is 9.93. The maximum absolute atomic E-state index is 10.8. The second-order valence-corrected chi connectivity index (χ2v) is 5.92. The molecule has 0 spiro atoms. The van der Waals surface area contributed by atoms with Gasteiger partial charge in [0.25, 0.3) is 0 Å². The van der Waals surface area contributed by atoms with Crippen molar-refractivity contribution in [3.8, 4) is 5.75 Å². The Bertz CT molecular complexity index is 520. The Balaban J connectivity index is 2.04. The lowest BCUT2D eigenvalue weighted by molar-refractivity contribution is -0.385. The van der Waals surface area contributed by atoms with Crippen molar-refractivity contribution in [2.24, 2.45) is 5.92 Å². The second kappa shape index (κ2) is 6.30. The minimum absolute atomic E-state index is 0.0620. The van der Waals surface area contributed by atoms with E-state index in [1.165, 1.54) is 13.2 Å². The van der Waals surface area contributed by atoms with Gasteiger partial charge in [0, 0.05) is 24.4 Å². The van der Waals surface area contributed by atoms with Gasteiger partial charge >= 0.3 is 5.69 Å². The fourth-order valence-corrected chi connectivity index (χ4v) is 3.00. The lowest BCUT2D eigenvalue weighted by Gasteiger charge is -2.35. The van der Waals surface area contributed by atoms with Crippen LogP contribution in [0.4, 0.5) is 11.4 Å². The first-order valence-corrected chi connectivity index (χ1v) is 7.22. The first-order valence-electron chi connectivity index (χ1n) is 7.22. The molecule has 0 aliphatic heterocycles. The van der Waals surface area contributed by atoms with Crippen molar-refractivity contribution < 1.29 is 14.8 Å². The van der Waals surface area contributed by atoms with Crippen LogP contribution in [0.1, 0.15) is 32.6 Å². The van der Waals surface area contributed by atoms with Gasteiger partial charge in [-0.2, -0.15) is 0 Å². The number of nitrogens with one attached hydrogen (secondary N) is 1. The van der Waals surface area contributed by atoms with Crippen LogP contribution in [-0.2, 0) is 0 Å². The van der Waals surface area contributed by atoms with Crippen LogP contribution in [0.5, 0.6) is 5.75 Å². The number of benzene rings is 1. The molecule has 0 bridgehead atoms. The molecule has 21 heavy (non-hydrogen) atoms.